The first-order valence-corrected chi connectivity index (χ1v) is 10.4. The molecule has 8 heteroatoms. The van der Waals surface area contributed by atoms with Gasteiger partial charge < -0.3 is 24.6 Å². The normalized spacial score (nSPS) is 18.0. The molecule has 1 aromatic rings. The average Bonchev–Trinajstić information content (AvgIpc) is 3.16. The van der Waals surface area contributed by atoms with Crippen LogP contribution in [0.15, 0.2) is 41.9 Å². The van der Waals surface area contributed by atoms with Gasteiger partial charge in [-0.1, -0.05) is 6.08 Å². The van der Waals surface area contributed by atoms with Gasteiger partial charge in [0.1, 0.15) is 18.0 Å². The molecule has 1 heterocycles. The molecule has 2 rings (SSSR count). The molecule has 1 aliphatic heterocycles. The van der Waals surface area contributed by atoms with Crippen LogP contribution in [-0.2, 0) is 19.1 Å². The van der Waals surface area contributed by atoms with Crippen molar-refractivity contribution in [3.63, 3.8) is 0 Å². The zero-order chi connectivity index (χ0) is 22.9. The molecule has 0 aromatic heterocycles. The van der Waals surface area contributed by atoms with E-state index < -0.39 is 17.1 Å². The highest BCUT2D eigenvalue weighted by Gasteiger charge is 2.44. The third kappa shape index (κ3) is 7.40. The van der Waals surface area contributed by atoms with Crippen LogP contribution >= 0.6 is 0 Å². The Morgan fingerprint density at radius 1 is 1.32 bits per heavy atom. The average molecular weight is 433 g/mol. The summed E-state index contributed by atoms with van der Waals surface area (Å²) >= 11 is 0. The fraction of sp³-hybridized carbons (Fsp3) is 0.522. The van der Waals surface area contributed by atoms with E-state index in [-0.39, 0.29) is 38.5 Å². The van der Waals surface area contributed by atoms with E-state index in [1.165, 1.54) is 0 Å². The number of esters is 1. The molecule has 1 atom stereocenters. The van der Waals surface area contributed by atoms with Crippen molar-refractivity contribution in [1.82, 2.24) is 5.32 Å². The Morgan fingerprint density at radius 3 is 2.65 bits per heavy atom. The molecule has 0 spiro atoms. The van der Waals surface area contributed by atoms with Gasteiger partial charge in [0.25, 0.3) is 5.91 Å². The Kier molecular flexibility index (Phi) is 8.62. The highest BCUT2D eigenvalue weighted by molar-refractivity contribution is 6.00. The monoisotopic (exact) mass is 432 g/mol. The first kappa shape index (κ1) is 24.4. The number of aliphatic hydroxyl groups excluding tert-OH is 1. The Balaban J connectivity index is 2.15. The third-order valence-corrected chi connectivity index (χ3v) is 4.43. The lowest BCUT2D eigenvalue weighted by Gasteiger charge is -2.24. The van der Waals surface area contributed by atoms with Gasteiger partial charge in [-0.25, -0.2) is 4.99 Å². The standard InChI is InChI=1S/C23H32N2O6/c1-5-13-24-21(28)23(12-11-19(27)31-22(2,3)4)16-30-20(25-23)17-7-9-18(10-8-17)29-15-6-14-26/h5,7-10,26H,1,6,11-16H2,2-4H3,(H,24,28)/t23-/m1/s1. The topological polar surface area (TPSA) is 106 Å². The molecule has 0 radical (unpaired) electrons. The first-order chi connectivity index (χ1) is 14.7. The van der Waals surface area contributed by atoms with E-state index in [9.17, 15) is 9.59 Å². The van der Waals surface area contributed by atoms with Crippen molar-refractivity contribution in [1.29, 1.82) is 0 Å². The number of amides is 1. The van der Waals surface area contributed by atoms with Crippen LogP contribution in [0.1, 0.15) is 45.6 Å². The lowest BCUT2D eigenvalue weighted by atomic mass is 9.94. The molecule has 0 aliphatic carbocycles. The zero-order valence-corrected chi connectivity index (χ0v) is 18.5. The van der Waals surface area contributed by atoms with Crippen molar-refractivity contribution in [2.75, 3.05) is 26.4 Å². The molecule has 8 nitrogen and oxygen atoms in total. The highest BCUT2D eigenvalue weighted by Crippen LogP contribution is 2.28. The molecule has 31 heavy (non-hydrogen) atoms. The number of aliphatic hydroxyl groups is 1. The van der Waals surface area contributed by atoms with Crippen molar-refractivity contribution in [2.45, 2.75) is 51.2 Å². The Labute approximate surface area is 183 Å². The van der Waals surface area contributed by atoms with Crippen molar-refractivity contribution in [3.05, 3.63) is 42.5 Å². The second-order valence-corrected chi connectivity index (χ2v) is 8.27. The van der Waals surface area contributed by atoms with Crippen molar-refractivity contribution in [2.24, 2.45) is 4.99 Å². The van der Waals surface area contributed by atoms with Gasteiger partial charge in [0.2, 0.25) is 5.90 Å². The van der Waals surface area contributed by atoms with E-state index in [4.69, 9.17) is 19.3 Å². The van der Waals surface area contributed by atoms with Gasteiger partial charge in [-0.3, -0.25) is 9.59 Å². The largest absolute Gasteiger partial charge is 0.494 e. The van der Waals surface area contributed by atoms with Crippen LogP contribution in [0.4, 0.5) is 0 Å². The van der Waals surface area contributed by atoms with Gasteiger partial charge in [-0.15, -0.1) is 6.58 Å². The highest BCUT2D eigenvalue weighted by atomic mass is 16.6. The minimum absolute atomic E-state index is 0.0306. The summed E-state index contributed by atoms with van der Waals surface area (Å²) in [6.07, 6.45) is 2.33. The fourth-order valence-electron chi connectivity index (χ4n) is 2.93. The molecule has 0 saturated carbocycles. The lowest BCUT2D eigenvalue weighted by Crippen LogP contribution is -2.47. The summed E-state index contributed by atoms with van der Waals surface area (Å²) in [6.45, 7) is 9.81. The number of nitrogens with one attached hydrogen (secondary N) is 1. The lowest BCUT2D eigenvalue weighted by molar-refractivity contribution is -0.155. The van der Waals surface area contributed by atoms with E-state index in [2.05, 4.69) is 16.9 Å². The van der Waals surface area contributed by atoms with Crippen LogP contribution in [0.2, 0.25) is 0 Å². The summed E-state index contributed by atoms with van der Waals surface area (Å²) in [7, 11) is 0. The summed E-state index contributed by atoms with van der Waals surface area (Å²) < 4.78 is 16.7. The number of benzene rings is 1. The number of ether oxygens (including phenoxy) is 3. The second-order valence-electron chi connectivity index (χ2n) is 8.27. The van der Waals surface area contributed by atoms with Crippen LogP contribution in [0.3, 0.4) is 0 Å². The van der Waals surface area contributed by atoms with E-state index in [0.717, 1.165) is 0 Å². The smallest absolute Gasteiger partial charge is 0.306 e. The summed E-state index contributed by atoms with van der Waals surface area (Å²) in [5.74, 6) is 0.280. The van der Waals surface area contributed by atoms with Crippen LogP contribution in [0.25, 0.3) is 0 Å². The summed E-state index contributed by atoms with van der Waals surface area (Å²) in [6, 6.07) is 7.13. The minimum atomic E-state index is -1.22. The number of carbonyl (C=O) groups excluding carboxylic acids is 2. The van der Waals surface area contributed by atoms with Gasteiger partial charge in [0, 0.05) is 31.6 Å². The van der Waals surface area contributed by atoms with Gasteiger partial charge in [0.15, 0.2) is 5.54 Å². The van der Waals surface area contributed by atoms with Gasteiger partial charge in [-0.2, -0.15) is 0 Å². The first-order valence-electron chi connectivity index (χ1n) is 10.4. The molecule has 1 aromatic carbocycles. The van der Waals surface area contributed by atoms with Crippen LogP contribution in [-0.4, -0.2) is 60.4 Å². The van der Waals surface area contributed by atoms with Crippen LogP contribution < -0.4 is 10.1 Å². The Hall–Kier alpha value is -2.87. The van der Waals surface area contributed by atoms with E-state index in [1.54, 1.807) is 51.1 Å². The summed E-state index contributed by atoms with van der Waals surface area (Å²) in [4.78, 5) is 29.6. The van der Waals surface area contributed by atoms with Gasteiger partial charge in [-0.05, 0) is 51.5 Å². The summed E-state index contributed by atoms with van der Waals surface area (Å²) in [5, 5.41) is 11.6. The molecule has 1 amide bonds. The SMILES string of the molecule is C=CCNC(=O)[C@@]1(CCC(=O)OC(C)(C)C)COC(c2ccc(OCCCO)cc2)=N1. The molecular formula is C23H32N2O6. The molecule has 2 N–H and O–H groups in total. The summed E-state index contributed by atoms with van der Waals surface area (Å²) in [5.41, 5.74) is -1.12. The number of carbonyl (C=O) groups is 2. The van der Waals surface area contributed by atoms with Crippen LogP contribution in [0.5, 0.6) is 5.75 Å². The molecular weight excluding hydrogens is 400 g/mol. The minimum Gasteiger partial charge on any atom is -0.494 e. The number of hydrogen-bond acceptors (Lipinski definition) is 7. The predicted octanol–water partition coefficient (Wildman–Crippen LogP) is 2.39. The maximum absolute atomic E-state index is 12.9. The quantitative estimate of drug-likeness (QED) is 0.316. The molecule has 0 bridgehead atoms. The Bertz CT molecular complexity index is 797. The molecule has 0 saturated heterocycles. The number of rotatable bonds is 11. The second kappa shape index (κ2) is 10.9. The van der Waals surface area contributed by atoms with E-state index in [0.29, 0.717) is 30.2 Å². The number of nitrogens with zero attached hydrogens (tertiary/aromatic N) is 1. The van der Waals surface area contributed by atoms with Crippen molar-refractivity contribution >= 4 is 17.8 Å². The van der Waals surface area contributed by atoms with E-state index in [1.807, 2.05) is 0 Å². The number of hydrogen-bond donors (Lipinski definition) is 2. The fourth-order valence-corrected chi connectivity index (χ4v) is 2.93. The maximum atomic E-state index is 12.9. The predicted molar refractivity (Wildman–Crippen MR) is 117 cm³/mol. The number of aliphatic imine (C=N–C) groups is 1. The van der Waals surface area contributed by atoms with Crippen LogP contribution in [0, 0.1) is 0 Å². The zero-order valence-electron chi connectivity index (χ0n) is 18.5. The molecule has 170 valence electrons. The van der Waals surface area contributed by atoms with Gasteiger partial charge in [0.05, 0.1) is 6.61 Å². The third-order valence-electron chi connectivity index (χ3n) is 4.43. The molecule has 0 unspecified atom stereocenters. The maximum Gasteiger partial charge on any atom is 0.306 e. The molecule has 1 aliphatic rings. The molecule has 0 fully saturated rings. The Morgan fingerprint density at radius 2 is 2.03 bits per heavy atom. The van der Waals surface area contributed by atoms with E-state index >= 15 is 0 Å². The van der Waals surface area contributed by atoms with Crippen molar-refractivity contribution < 1.29 is 28.9 Å². The van der Waals surface area contributed by atoms with Gasteiger partial charge >= 0.3 is 5.97 Å². The van der Waals surface area contributed by atoms with Crippen molar-refractivity contribution in [3.8, 4) is 5.75 Å².